The molecule has 6 nitrogen and oxygen atoms in total. The predicted molar refractivity (Wildman–Crippen MR) is 120 cm³/mol. The highest BCUT2D eigenvalue weighted by atomic mass is 16.2. The third-order valence-electron chi connectivity index (χ3n) is 6.75. The number of nitrogens with one attached hydrogen (secondary N) is 1. The Hall–Kier alpha value is -2.21. The molecule has 1 aromatic heterocycles. The van der Waals surface area contributed by atoms with Crippen LogP contribution in [0.4, 0.5) is 0 Å². The molecular weight excluding hydrogens is 376 g/mol. The highest BCUT2D eigenvalue weighted by molar-refractivity contribution is 5.78. The summed E-state index contributed by atoms with van der Waals surface area (Å²) < 4.78 is 0. The summed E-state index contributed by atoms with van der Waals surface area (Å²) in [6, 6.07) is 8.02. The predicted octanol–water partition coefficient (Wildman–Crippen LogP) is 3.50. The van der Waals surface area contributed by atoms with Gasteiger partial charge in [-0.2, -0.15) is 0 Å². The number of nitrogens with zero attached hydrogens (tertiary/aromatic N) is 3. The highest BCUT2D eigenvalue weighted by Gasteiger charge is 2.26. The minimum atomic E-state index is -0.133. The second-order valence-corrected chi connectivity index (χ2v) is 8.80. The normalized spacial score (nSPS) is 19.9. The monoisotopic (exact) mass is 410 g/mol. The number of hydrogen-bond acceptors (Lipinski definition) is 4. The van der Waals surface area contributed by atoms with E-state index in [4.69, 9.17) is 0 Å². The van der Waals surface area contributed by atoms with Gasteiger partial charge in [-0.25, -0.2) is 4.98 Å². The number of piperazine rings is 1. The largest absolute Gasteiger partial charge is 0.340 e. The van der Waals surface area contributed by atoms with Gasteiger partial charge in [-0.05, 0) is 25.0 Å². The van der Waals surface area contributed by atoms with E-state index in [1.807, 2.05) is 23.1 Å². The SMILES string of the molecule is O=C(CCc1nc2ccccc2c(=O)[nH]1)N1CCN(C2CCCCCCCC2)CC1. The first-order chi connectivity index (χ1) is 14.7. The number of H-pyrrole nitrogens is 1. The first kappa shape index (κ1) is 21.0. The molecule has 0 radical (unpaired) electrons. The minimum absolute atomic E-state index is 0.133. The molecule has 0 atom stereocenters. The van der Waals surface area contributed by atoms with Gasteiger partial charge in [-0.3, -0.25) is 14.5 Å². The standard InChI is InChI=1S/C24H34N4O2/c29-23(14-13-22-25-21-12-8-7-11-20(21)24(30)26-22)28-17-15-27(16-18-28)19-9-5-3-1-2-4-6-10-19/h7-8,11-12,19H,1-6,9-10,13-18H2,(H,25,26,30). The molecule has 2 fully saturated rings. The van der Waals surface area contributed by atoms with Crippen molar-refractivity contribution < 1.29 is 4.79 Å². The van der Waals surface area contributed by atoms with Crippen LogP contribution in [0.3, 0.4) is 0 Å². The molecule has 162 valence electrons. The maximum Gasteiger partial charge on any atom is 0.258 e. The van der Waals surface area contributed by atoms with Crippen LogP contribution >= 0.6 is 0 Å². The maximum absolute atomic E-state index is 12.7. The summed E-state index contributed by atoms with van der Waals surface area (Å²) >= 11 is 0. The lowest BCUT2D eigenvalue weighted by Crippen LogP contribution is -2.52. The summed E-state index contributed by atoms with van der Waals surface area (Å²) in [5, 5.41) is 0.591. The highest BCUT2D eigenvalue weighted by Crippen LogP contribution is 2.22. The van der Waals surface area contributed by atoms with Crippen molar-refractivity contribution in [2.75, 3.05) is 26.2 Å². The fourth-order valence-corrected chi connectivity index (χ4v) is 4.95. The van der Waals surface area contributed by atoms with E-state index in [0.717, 1.165) is 26.2 Å². The number of para-hydroxylation sites is 1. The molecule has 2 heterocycles. The lowest BCUT2D eigenvalue weighted by Gasteiger charge is -2.39. The Balaban J connectivity index is 1.28. The van der Waals surface area contributed by atoms with Gasteiger partial charge in [0.15, 0.2) is 0 Å². The van der Waals surface area contributed by atoms with E-state index in [0.29, 0.717) is 35.6 Å². The van der Waals surface area contributed by atoms with Crippen LogP contribution in [0.1, 0.15) is 63.6 Å². The number of amides is 1. The molecule has 1 amide bonds. The van der Waals surface area contributed by atoms with E-state index in [2.05, 4.69) is 14.9 Å². The van der Waals surface area contributed by atoms with Crippen molar-refractivity contribution in [3.8, 4) is 0 Å². The van der Waals surface area contributed by atoms with Crippen molar-refractivity contribution >= 4 is 16.8 Å². The Labute approximate surface area is 178 Å². The molecule has 1 saturated carbocycles. The minimum Gasteiger partial charge on any atom is -0.340 e. The topological polar surface area (TPSA) is 69.3 Å². The van der Waals surface area contributed by atoms with Crippen LogP contribution in [-0.2, 0) is 11.2 Å². The number of hydrogen-bond donors (Lipinski definition) is 1. The number of aromatic nitrogens is 2. The molecule has 4 rings (SSSR count). The van der Waals surface area contributed by atoms with Gasteiger partial charge in [0.1, 0.15) is 5.82 Å². The van der Waals surface area contributed by atoms with Crippen molar-refractivity contribution in [1.82, 2.24) is 19.8 Å². The van der Waals surface area contributed by atoms with Crippen LogP contribution in [0.25, 0.3) is 10.9 Å². The fourth-order valence-electron chi connectivity index (χ4n) is 4.95. The molecule has 0 spiro atoms. The van der Waals surface area contributed by atoms with Crippen molar-refractivity contribution in [2.24, 2.45) is 0 Å². The molecule has 2 aliphatic rings. The molecule has 1 aliphatic heterocycles. The molecule has 1 N–H and O–H groups in total. The molecule has 1 saturated heterocycles. The third-order valence-corrected chi connectivity index (χ3v) is 6.75. The Morgan fingerprint density at radius 2 is 1.63 bits per heavy atom. The summed E-state index contributed by atoms with van der Waals surface area (Å²) in [6.07, 6.45) is 11.7. The first-order valence-electron chi connectivity index (χ1n) is 11.7. The van der Waals surface area contributed by atoms with E-state index in [9.17, 15) is 9.59 Å². The summed E-state index contributed by atoms with van der Waals surface area (Å²) in [6.45, 7) is 3.61. The Morgan fingerprint density at radius 1 is 0.967 bits per heavy atom. The average Bonchev–Trinajstić information content (AvgIpc) is 2.92. The van der Waals surface area contributed by atoms with Gasteiger partial charge < -0.3 is 9.88 Å². The number of carbonyl (C=O) groups is 1. The van der Waals surface area contributed by atoms with Gasteiger partial charge in [0.25, 0.3) is 5.56 Å². The molecular formula is C24H34N4O2. The lowest BCUT2D eigenvalue weighted by molar-refractivity contribution is -0.133. The Kier molecular flexibility index (Phi) is 7.16. The molecule has 1 aliphatic carbocycles. The van der Waals surface area contributed by atoms with E-state index < -0.39 is 0 Å². The zero-order chi connectivity index (χ0) is 20.8. The van der Waals surface area contributed by atoms with Crippen molar-refractivity contribution in [3.63, 3.8) is 0 Å². The van der Waals surface area contributed by atoms with Crippen molar-refractivity contribution in [3.05, 3.63) is 40.4 Å². The summed E-state index contributed by atoms with van der Waals surface area (Å²) in [4.78, 5) is 36.9. The molecule has 6 heteroatoms. The Bertz CT molecular complexity index is 891. The van der Waals surface area contributed by atoms with Crippen LogP contribution in [0.2, 0.25) is 0 Å². The van der Waals surface area contributed by atoms with E-state index in [1.165, 1.54) is 51.4 Å². The zero-order valence-electron chi connectivity index (χ0n) is 17.9. The van der Waals surface area contributed by atoms with E-state index in [-0.39, 0.29) is 11.5 Å². The van der Waals surface area contributed by atoms with Crippen molar-refractivity contribution in [1.29, 1.82) is 0 Å². The number of aromatic amines is 1. The molecule has 2 aromatic rings. The molecule has 0 unspecified atom stereocenters. The van der Waals surface area contributed by atoms with E-state index >= 15 is 0 Å². The smallest absolute Gasteiger partial charge is 0.258 e. The third kappa shape index (κ3) is 5.28. The number of carbonyl (C=O) groups excluding carboxylic acids is 1. The second kappa shape index (κ2) is 10.2. The van der Waals surface area contributed by atoms with E-state index in [1.54, 1.807) is 6.07 Å². The van der Waals surface area contributed by atoms with Crippen LogP contribution in [0.15, 0.2) is 29.1 Å². The molecule has 30 heavy (non-hydrogen) atoms. The second-order valence-electron chi connectivity index (χ2n) is 8.80. The number of aryl methyl sites for hydroxylation is 1. The first-order valence-corrected chi connectivity index (χ1v) is 11.7. The molecule has 0 bridgehead atoms. The lowest BCUT2D eigenvalue weighted by atomic mass is 10.0. The maximum atomic E-state index is 12.7. The van der Waals surface area contributed by atoms with Gasteiger partial charge in [0.05, 0.1) is 10.9 Å². The van der Waals surface area contributed by atoms with Gasteiger partial charge in [0.2, 0.25) is 5.91 Å². The summed E-state index contributed by atoms with van der Waals surface area (Å²) in [5.74, 6) is 0.760. The van der Waals surface area contributed by atoms with Crippen LogP contribution in [0.5, 0.6) is 0 Å². The quantitative estimate of drug-likeness (QED) is 0.838. The van der Waals surface area contributed by atoms with Crippen LogP contribution < -0.4 is 5.56 Å². The summed E-state index contributed by atoms with van der Waals surface area (Å²) in [7, 11) is 0. The van der Waals surface area contributed by atoms with Crippen LogP contribution in [-0.4, -0.2) is 57.9 Å². The fraction of sp³-hybridized carbons (Fsp3) is 0.625. The van der Waals surface area contributed by atoms with Crippen molar-refractivity contribution in [2.45, 2.75) is 70.3 Å². The zero-order valence-corrected chi connectivity index (χ0v) is 17.9. The van der Waals surface area contributed by atoms with Gasteiger partial charge >= 0.3 is 0 Å². The number of rotatable bonds is 4. The summed E-state index contributed by atoms with van der Waals surface area (Å²) in [5.41, 5.74) is 0.555. The van der Waals surface area contributed by atoms with Crippen LogP contribution in [0, 0.1) is 0 Å². The van der Waals surface area contributed by atoms with Gasteiger partial charge in [-0.1, -0.05) is 50.7 Å². The number of benzene rings is 1. The number of fused-ring (bicyclic) bond motifs is 1. The average molecular weight is 411 g/mol. The molecule has 1 aromatic carbocycles. The van der Waals surface area contributed by atoms with Gasteiger partial charge in [0, 0.05) is 45.1 Å². The Morgan fingerprint density at radius 3 is 2.37 bits per heavy atom. The van der Waals surface area contributed by atoms with Gasteiger partial charge in [-0.15, -0.1) is 0 Å².